The Morgan fingerprint density at radius 3 is 2.75 bits per heavy atom. The molecule has 0 heterocycles. The van der Waals surface area contributed by atoms with E-state index in [0.29, 0.717) is 0 Å². The van der Waals surface area contributed by atoms with Crippen LogP contribution in [0, 0.1) is 0 Å². The molecule has 0 aromatic rings. The maximum atomic E-state index is 11.2. The number of aliphatic hydroxyl groups is 5. The Labute approximate surface area is 86.0 Å². The normalized spacial score (nSPS) is 46.7. The second-order valence-electron chi connectivity index (χ2n) is 1.52. The Balaban J connectivity index is 6.79. The molecule has 0 spiro atoms. The molecule has 0 fully saturated rings. The summed E-state index contributed by atoms with van der Waals surface area (Å²) in [6.07, 6.45) is -18.5. The van der Waals surface area contributed by atoms with Crippen LogP contribution in [0.2, 0.25) is 0 Å². The lowest BCUT2D eigenvalue weighted by Gasteiger charge is -2.22. The van der Waals surface area contributed by atoms with E-state index in [1.165, 1.54) is 0 Å². The van der Waals surface area contributed by atoms with Gasteiger partial charge in [-0.25, -0.2) is 0 Å². The summed E-state index contributed by atoms with van der Waals surface area (Å²) in [5.41, 5.74) is 0. The summed E-state index contributed by atoms with van der Waals surface area (Å²) in [6, 6.07) is 0. The van der Waals surface area contributed by atoms with Crippen molar-refractivity contribution in [1.82, 2.24) is 0 Å². The van der Waals surface area contributed by atoms with Crippen LogP contribution in [0.4, 0.5) is 0 Å². The third-order valence-electron chi connectivity index (χ3n) is 0.804. The quantitative estimate of drug-likeness (QED) is 0.230. The Bertz CT molecular complexity index is 467. The number of hydrogen-bond donors (Lipinski definition) is 5. The van der Waals surface area contributed by atoms with Gasteiger partial charge in [0, 0.05) is 0 Å². The molecule has 0 saturated carbocycles. The number of carbonyl (C=O) groups is 1. The SMILES string of the molecule is [2H]OC([2H])([2H])C([2H])(O[2H])[C@@]([2H])(O[2H])C([2H])(O[2H])C([2H])(O[2H])C([2H])=O. The van der Waals surface area contributed by atoms with Crippen LogP contribution >= 0.6 is 0 Å². The fraction of sp³-hybridized carbons (Fsp3) is 0.833. The van der Waals surface area contributed by atoms with E-state index < -0.39 is 37.1 Å². The van der Waals surface area contributed by atoms with Gasteiger partial charge in [-0.1, -0.05) is 0 Å². The van der Waals surface area contributed by atoms with Gasteiger partial charge in [0.1, 0.15) is 25.7 Å². The maximum Gasteiger partial charge on any atom is 0.211 e. The first-order valence-corrected chi connectivity index (χ1v) is 2.47. The second-order valence-corrected chi connectivity index (χ2v) is 1.52. The highest BCUT2D eigenvalue weighted by Crippen LogP contribution is 2.02. The summed E-state index contributed by atoms with van der Waals surface area (Å²) in [5.74, 6) is 0. The van der Waals surface area contributed by atoms with Gasteiger partial charge in [0.05, 0.1) is 14.8 Å². The van der Waals surface area contributed by atoms with E-state index in [4.69, 9.17) is 16.8 Å². The summed E-state index contributed by atoms with van der Waals surface area (Å²) in [4.78, 5) is 11.2. The van der Waals surface area contributed by atoms with Gasteiger partial charge < -0.3 is 30.3 Å². The van der Waals surface area contributed by atoms with E-state index in [1.54, 1.807) is 0 Å². The minimum absolute atomic E-state index is 2.27. The van der Waals surface area contributed by atoms with Gasteiger partial charge in [0.2, 0.25) is 7.16 Å². The van der Waals surface area contributed by atoms with Crippen LogP contribution in [0.25, 0.3) is 0 Å². The van der Waals surface area contributed by atoms with Gasteiger partial charge in [-0.3, -0.25) is 0 Å². The molecule has 6 nitrogen and oxygen atoms in total. The van der Waals surface area contributed by atoms with E-state index in [1.807, 2.05) is 0 Å². The van der Waals surface area contributed by atoms with Crippen LogP contribution in [0.1, 0.15) is 9.60 Å². The van der Waals surface area contributed by atoms with Crippen LogP contribution in [0.5, 0.6) is 0 Å². The summed E-state index contributed by atoms with van der Waals surface area (Å²) in [5, 5.41) is 18.0. The molecule has 3 unspecified atom stereocenters. The average Bonchev–Trinajstić information content (AvgIpc) is 2.57. The first-order valence-electron chi connectivity index (χ1n) is 8.02. The standard InChI is InChI=1S/C6H12O6/c7-1-3(9)5(11)6(12)4(10)2-8/h1,3-6,8-12H,2H2/t3?,4?,5?,6-/m1/s1/i1D,2D2,3D,4D,5D,6D,8D,9D,10D,11D,12D. The van der Waals surface area contributed by atoms with Crippen molar-refractivity contribution in [2.45, 2.75) is 24.3 Å². The van der Waals surface area contributed by atoms with Crippen molar-refractivity contribution in [2.75, 3.05) is 6.56 Å². The third-order valence-corrected chi connectivity index (χ3v) is 0.804. The van der Waals surface area contributed by atoms with Gasteiger partial charge in [-0.2, -0.15) is 0 Å². The fourth-order valence-electron chi connectivity index (χ4n) is 0.299. The highest BCUT2D eigenvalue weighted by atomic mass is 16.4. The van der Waals surface area contributed by atoms with E-state index in [9.17, 15) is 4.79 Å². The molecule has 0 bridgehead atoms. The first kappa shape index (κ1) is 2.49. The second kappa shape index (κ2) is 5.18. The van der Waals surface area contributed by atoms with Crippen LogP contribution in [-0.2, 0) is 4.79 Å². The predicted octanol–water partition coefficient (Wildman–Crippen LogP) is -3.38. The first-order chi connectivity index (χ1) is 10.7. The van der Waals surface area contributed by atoms with Crippen LogP contribution in [0.3, 0.4) is 0 Å². The Morgan fingerprint density at radius 2 is 2.33 bits per heavy atom. The molecule has 0 aliphatic rings. The zero-order chi connectivity index (χ0) is 19.6. The largest absolute Gasteiger partial charge is 0.394 e. The van der Waals surface area contributed by atoms with Crippen molar-refractivity contribution in [3.05, 3.63) is 0 Å². The Hall–Kier alpha value is -0.530. The zero-order valence-corrected chi connectivity index (χ0v) is 5.45. The molecular weight excluding hydrogens is 168 g/mol. The Morgan fingerprint density at radius 1 is 1.50 bits per heavy atom. The van der Waals surface area contributed by atoms with Gasteiger partial charge in [-0.05, 0) is 0 Å². The summed E-state index contributed by atoms with van der Waals surface area (Å²) in [6.45, 7) is -3.82. The van der Waals surface area contributed by atoms with Crippen LogP contribution in [-0.4, -0.2) is 69.8 Å². The molecule has 0 aliphatic heterocycles. The smallest absolute Gasteiger partial charge is 0.211 e. The summed E-state index contributed by atoms with van der Waals surface area (Å²) in [7, 11) is 0. The molecule has 12 heavy (non-hydrogen) atoms. The molecule has 4 atom stereocenters. The predicted molar refractivity (Wildman–Crippen MR) is 37.2 cm³/mol. The van der Waals surface area contributed by atoms with Crippen molar-refractivity contribution < 1.29 is 39.9 Å². The van der Waals surface area contributed by atoms with Crippen LogP contribution in [0.15, 0.2) is 0 Å². The summed E-state index contributed by atoms with van der Waals surface area (Å²) < 4.78 is 85.6. The number of rotatable bonds is 10. The monoisotopic (exact) mass is 192 g/mol. The van der Waals surface area contributed by atoms with E-state index in [2.05, 4.69) is 25.5 Å². The van der Waals surface area contributed by atoms with Crippen LogP contribution < -0.4 is 0 Å². The topological polar surface area (TPSA) is 118 Å². The number of hydrogen-bond acceptors (Lipinski definition) is 6. The van der Waals surface area contributed by atoms with Crippen molar-refractivity contribution in [3.63, 3.8) is 0 Å². The van der Waals surface area contributed by atoms with Gasteiger partial charge in [0.15, 0.2) is 6.26 Å². The molecule has 0 radical (unpaired) electrons. The molecule has 0 aromatic heterocycles. The van der Waals surface area contributed by atoms with Crippen molar-refractivity contribution in [2.24, 2.45) is 0 Å². The molecule has 0 saturated heterocycles. The minimum Gasteiger partial charge on any atom is -0.394 e. The molecule has 0 aromatic carbocycles. The highest BCUT2D eigenvalue weighted by Gasteiger charge is 2.29. The molecule has 0 amide bonds. The molecule has 72 valence electrons. The molecule has 5 N–H and O–H groups in total. The maximum absolute atomic E-state index is 11.2. The number of carbonyl (C=O) groups excluding carboxylic acids is 1. The molecule has 0 aliphatic carbocycles. The lowest BCUT2D eigenvalue weighted by molar-refractivity contribution is -0.136. The van der Waals surface area contributed by atoms with Crippen molar-refractivity contribution >= 4 is 6.26 Å². The lowest BCUT2D eigenvalue weighted by Crippen LogP contribution is -2.46. The lowest BCUT2D eigenvalue weighted by atomic mass is 10.0. The van der Waals surface area contributed by atoms with Crippen molar-refractivity contribution in [3.8, 4) is 0 Å². The van der Waals surface area contributed by atoms with Gasteiger partial charge in [-0.15, -0.1) is 0 Å². The van der Waals surface area contributed by atoms with E-state index in [0.717, 1.165) is 0 Å². The minimum atomic E-state index is -4.16. The Kier molecular flexibility index (Phi) is 1.07. The fourth-order valence-corrected chi connectivity index (χ4v) is 0.299. The van der Waals surface area contributed by atoms with Crippen molar-refractivity contribution in [1.29, 1.82) is 7.16 Å². The average molecular weight is 192 g/mol. The number of aldehydes is 1. The molecular formula is C6H12O6. The zero-order valence-electron chi connectivity index (χ0n) is 17.4. The van der Waals surface area contributed by atoms with Gasteiger partial charge >= 0.3 is 0 Å². The van der Waals surface area contributed by atoms with E-state index >= 15 is 0 Å². The molecule has 0 rings (SSSR count). The van der Waals surface area contributed by atoms with Gasteiger partial charge in [0.25, 0.3) is 0 Å². The van der Waals surface area contributed by atoms with E-state index in [-0.39, 0.29) is 0 Å². The molecule has 6 heteroatoms. The third kappa shape index (κ3) is 2.84. The summed E-state index contributed by atoms with van der Waals surface area (Å²) >= 11 is 0. The highest BCUT2D eigenvalue weighted by molar-refractivity contribution is 5.56.